The van der Waals surface area contributed by atoms with Crippen molar-refractivity contribution in [2.24, 2.45) is 0 Å². The Hall–Kier alpha value is -2.52. The third-order valence-corrected chi connectivity index (χ3v) is 5.02. The van der Waals surface area contributed by atoms with Gasteiger partial charge in [0.1, 0.15) is 5.82 Å². The van der Waals surface area contributed by atoms with Gasteiger partial charge in [-0.3, -0.25) is 4.79 Å². The number of aliphatic hydroxyl groups is 1. The molecule has 3 N–H and O–H groups in total. The number of hydrogen-bond donors (Lipinski definition) is 3. The molecule has 1 fully saturated rings. The van der Waals surface area contributed by atoms with Crippen LogP contribution in [0, 0.1) is 11.6 Å². The molecule has 1 aromatic heterocycles. The van der Waals surface area contributed by atoms with Gasteiger partial charge in [0.15, 0.2) is 11.6 Å². The molecular formula is C20H26ClF2N5O2. The molecule has 0 spiro atoms. The lowest BCUT2D eigenvalue weighted by Crippen LogP contribution is -2.40. The summed E-state index contributed by atoms with van der Waals surface area (Å²) >= 11 is 0. The largest absolute Gasteiger partial charge is 0.395 e. The number of aliphatic hydroxyl groups excluding tert-OH is 1. The molecule has 1 aliphatic carbocycles. The van der Waals surface area contributed by atoms with Gasteiger partial charge in [0.25, 0.3) is 5.91 Å². The average Bonchev–Trinajstić information content (AvgIpc) is 2.72. The number of carbonyl (C=O) groups is 1. The number of halogens is 3. The molecule has 0 unspecified atom stereocenters. The number of nitrogens with one attached hydrogen (secondary N) is 2. The number of aromatic nitrogens is 2. The number of anilines is 2. The zero-order valence-electron chi connectivity index (χ0n) is 16.6. The minimum atomic E-state index is -1.03. The molecule has 30 heavy (non-hydrogen) atoms. The first-order valence-corrected chi connectivity index (χ1v) is 9.63. The third-order valence-electron chi connectivity index (χ3n) is 5.02. The molecular weight excluding hydrogens is 416 g/mol. The lowest BCUT2D eigenvalue weighted by molar-refractivity contribution is 0.0926. The maximum absolute atomic E-state index is 13.3. The highest BCUT2D eigenvalue weighted by molar-refractivity contribution is 5.94. The maximum atomic E-state index is 13.3. The van der Waals surface area contributed by atoms with Gasteiger partial charge in [-0.15, -0.1) is 12.4 Å². The van der Waals surface area contributed by atoms with E-state index in [4.69, 9.17) is 5.11 Å². The van der Waals surface area contributed by atoms with E-state index in [1.54, 1.807) is 17.2 Å². The number of rotatable bonds is 7. The summed E-state index contributed by atoms with van der Waals surface area (Å²) in [6.07, 6.45) is 4.90. The molecule has 3 rings (SSSR count). The molecule has 1 saturated carbocycles. The van der Waals surface area contributed by atoms with Gasteiger partial charge in [-0.25, -0.2) is 13.8 Å². The Morgan fingerprint density at radius 1 is 1.17 bits per heavy atom. The van der Waals surface area contributed by atoms with E-state index < -0.39 is 17.5 Å². The fourth-order valence-electron chi connectivity index (χ4n) is 3.36. The molecule has 10 heteroatoms. The van der Waals surface area contributed by atoms with Gasteiger partial charge < -0.3 is 20.6 Å². The third kappa shape index (κ3) is 6.24. The second-order valence-electron chi connectivity index (χ2n) is 7.18. The number of benzene rings is 1. The Morgan fingerprint density at radius 3 is 2.53 bits per heavy atom. The molecule has 7 nitrogen and oxygen atoms in total. The van der Waals surface area contributed by atoms with Crippen molar-refractivity contribution in [1.29, 1.82) is 0 Å². The van der Waals surface area contributed by atoms with Crippen LogP contribution in [-0.4, -0.2) is 53.3 Å². The highest BCUT2D eigenvalue weighted by Gasteiger charge is 2.23. The molecule has 0 saturated heterocycles. The second kappa shape index (κ2) is 11.0. The monoisotopic (exact) mass is 441 g/mol. The van der Waals surface area contributed by atoms with E-state index >= 15 is 0 Å². The minimum absolute atomic E-state index is 0. The summed E-state index contributed by atoms with van der Waals surface area (Å²) in [6, 6.07) is 5.16. The molecule has 0 atom stereocenters. The SMILES string of the molecule is CN(CCO)c1nccc(N[C@H]2CC[C@@H](NC(=O)c3ccc(F)c(F)c3)CC2)n1.Cl. The van der Waals surface area contributed by atoms with Crippen molar-refractivity contribution in [3.05, 3.63) is 47.7 Å². The first kappa shape index (κ1) is 23.8. The predicted octanol–water partition coefficient (Wildman–Crippen LogP) is 2.76. The topological polar surface area (TPSA) is 90.4 Å². The van der Waals surface area contributed by atoms with Crippen molar-refractivity contribution in [3.63, 3.8) is 0 Å². The summed E-state index contributed by atoms with van der Waals surface area (Å²) in [7, 11) is 1.82. The van der Waals surface area contributed by atoms with Gasteiger partial charge in [0, 0.05) is 37.4 Å². The second-order valence-corrected chi connectivity index (χ2v) is 7.18. The highest BCUT2D eigenvalue weighted by atomic mass is 35.5. The number of likely N-dealkylation sites (N-methyl/N-ethyl adjacent to an activating group) is 1. The Morgan fingerprint density at radius 2 is 1.87 bits per heavy atom. The van der Waals surface area contributed by atoms with Gasteiger partial charge in [-0.05, 0) is 49.9 Å². The van der Waals surface area contributed by atoms with Gasteiger partial charge in [0.2, 0.25) is 5.95 Å². The van der Waals surface area contributed by atoms with Crippen LogP contribution in [-0.2, 0) is 0 Å². The number of amides is 1. The first-order valence-electron chi connectivity index (χ1n) is 9.63. The number of hydrogen-bond acceptors (Lipinski definition) is 6. The van der Waals surface area contributed by atoms with Crippen LogP contribution in [0.25, 0.3) is 0 Å². The summed E-state index contributed by atoms with van der Waals surface area (Å²) in [5.74, 6) is -1.14. The molecule has 0 radical (unpaired) electrons. The lowest BCUT2D eigenvalue weighted by atomic mass is 9.91. The normalized spacial score (nSPS) is 18.3. The Labute approximate surface area is 180 Å². The molecule has 1 heterocycles. The predicted molar refractivity (Wildman–Crippen MR) is 113 cm³/mol. The van der Waals surface area contributed by atoms with Crippen molar-refractivity contribution in [2.45, 2.75) is 37.8 Å². The maximum Gasteiger partial charge on any atom is 0.251 e. The summed E-state index contributed by atoms with van der Waals surface area (Å²) in [5, 5.41) is 15.3. The van der Waals surface area contributed by atoms with Crippen molar-refractivity contribution in [1.82, 2.24) is 15.3 Å². The van der Waals surface area contributed by atoms with E-state index in [0.717, 1.165) is 37.8 Å². The standard InChI is InChI=1S/C20H25F2N5O2.ClH/c1-27(10-11-28)20-23-9-8-18(26-20)24-14-3-5-15(6-4-14)25-19(29)13-2-7-16(21)17(22)12-13;/h2,7-9,12,14-15,28H,3-6,10-11H2,1H3,(H,25,29)(H,23,24,26);1H/t14-,15+;. The van der Waals surface area contributed by atoms with Crippen LogP contribution >= 0.6 is 12.4 Å². The number of nitrogens with zero attached hydrogens (tertiary/aromatic N) is 3. The van der Waals surface area contributed by atoms with Crippen LogP contribution in [0.1, 0.15) is 36.0 Å². The molecule has 0 bridgehead atoms. The van der Waals surface area contributed by atoms with Gasteiger partial charge in [-0.2, -0.15) is 4.98 Å². The van der Waals surface area contributed by atoms with Crippen molar-refractivity contribution in [2.75, 3.05) is 30.4 Å². The quantitative estimate of drug-likeness (QED) is 0.612. The Bertz CT molecular complexity index is 850. The van der Waals surface area contributed by atoms with E-state index in [9.17, 15) is 13.6 Å². The van der Waals surface area contributed by atoms with E-state index in [1.807, 2.05) is 7.05 Å². The molecule has 1 aliphatic rings. The summed E-state index contributed by atoms with van der Waals surface area (Å²) in [5.41, 5.74) is 0.115. The zero-order valence-corrected chi connectivity index (χ0v) is 17.5. The van der Waals surface area contributed by atoms with Crippen LogP contribution in [0.2, 0.25) is 0 Å². The van der Waals surface area contributed by atoms with Crippen LogP contribution in [0.4, 0.5) is 20.5 Å². The smallest absolute Gasteiger partial charge is 0.251 e. The van der Waals surface area contributed by atoms with Crippen LogP contribution < -0.4 is 15.5 Å². The van der Waals surface area contributed by atoms with E-state index in [1.165, 1.54) is 6.07 Å². The lowest BCUT2D eigenvalue weighted by Gasteiger charge is -2.30. The molecule has 2 aromatic rings. The first-order chi connectivity index (χ1) is 14.0. The van der Waals surface area contributed by atoms with Crippen LogP contribution in [0.3, 0.4) is 0 Å². The summed E-state index contributed by atoms with van der Waals surface area (Å²) in [4.78, 5) is 22.7. The molecule has 164 valence electrons. The number of carbonyl (C=O) groups excluding carboxylic acids is 1. The van der Waals surface area contributed by atoms with Gasteiger partial charge in [0.05, 0.1) is 6.61 Å². The van der Waals surface area contributed by atoms with Gasteiger partial charge in [-0.1, -0.05) is 0 Å². The van der Waals surface area contributed by atoms with Gasteiger partial charge >= 0.3 is 0 Å². The molecule has 1 aromatic carbocycles. The van der Waals surface area contributed by atoms with E-state index in [2.05, 4.69) is 20.6 Å². The fourth-order valence-corrected chi connectivity index (χ4v) is 3.36. The average molecular weight is 442 g/mol. The van der Waals surface area contributed by atoms with Crippen molar-refractivity contribution < 1.29 is 18.7 Å². The molecule has 1 amide bonds. The van der Waals surface area contributed by atoms with Crippen LogP contribution in [0.5, 0.6) is 0 Å². The van der Waals surface area contributed by atoms with E-state index in [-0.39, 0.29) is 36.7 Å². The van der Waals surface area contributed by atoms with Crippen molar-refractivity contribution in [3.8, 4) is 0 Å². The van der Waals surface area contributed by atoms with Crippen LogP contribution in [0.15, 0.2) is 30.5 Å². The van der Waals surface area contributed by atoms with Crippen molar-refractivity contribution >= 4 is 30.1 Å². The minimum Gasteiger partial charge on any atom is -0.395 e. The zero-order chi connectivity index (χ0) is 20.8. The Kier molecular flexibility index (Phi) is 8.73. The summed E-state index contributed by atoms with van der Waals surface area (Å²) in [6.45, 7) is 0.476. The summed E-state index contributed by atoms with van der Waals surface area (Å²) < 4.78 is 26.3. The van der Waals surface area contributed by atoms with E-state index in [0.29, 0.717) is 18.3 Å². The molecule has 0 aliphatic heterocycles. The Balaban J connectivity index is 0.00000320. The fraction of sp³-hybridized carbons (Fsp3) is 0.450. The highest BCUT2D eigenvalue weighted by Crippen LogP contribution is 2.22.